The largest absolute Gasteiger partial charge is 0.507 e. The Morgan fingerprint density at radius 1 is 0.731 bits per heavy atom. The summed E-state index contributed by atoms with van der Waals surface area (Å²) in [5.41, 5.74) is 2.86. The summed E-state index contributed by atoms with van der Waals surface area (Å²) in [6, 6.07) is 23.3. The average molecular weight is 350 g/mol. The molecule has 1 N–H and O–H groups in total. The van der Waals surface area contributed by atoms with Crippen LogP contribution in [0.3, 0.4) is 0 Å². The zero-order valence-corrected chi connectivity index (χ0v) is 15.6. The number of aromatic hydroxyl groups is 1. The third-order valence-electron chi connectivity index (χ3n) is 3.79. The van der Waals surface area contributed by atoms with E-state index >= 15 is 0 Å². The minimum absolute atomic E-state index is 0.170. The van der Waals surface area contributed by atoms with Crippen LogP contribution in [0.5, 0.6) is 17.2 Å². The third kappa shape index (κ3) is 5.55. The fraction of sp³-hybridized carbons (Fsp3) is 0.217. The highest BCUT2D eigenvalue weighted by atomic mass is 16.5. The molecule has 0 fully saturated rings. The van der Waals surface area contributed by atoms with E-state index in [1.807, 2.05) is 87.5 Å². The predicted molar refractivity (Wildman–Crippen MR) is 106 cm³/mol. The number of hydrogen-bond acceptors (Lipinski definition) is 3. The molecule has 3 nitrogen and oxygen atoms in total. The van der Waals surface area contributed by atoms with Crippen molar-refractivity contribution in [3.05, 3.63) is 89.5 Å². The maximum Gasteiger partial charge on any atom is 0.130 e. The number of phenolic OH excluding ortho intramolecular Hbond substituents is 1. The van der Waals surface area contributed by atoms with Gasteiger partial charge in [0.15, 0.2) is 0 Å². The summed E-state index contributed by atoms with van der Waals surface area (Å²) >= 11 is 0. The quantitative estimate of drug-likeness (QED) is 0.603. The molecule has 0 bridgehead atoms. The Morgan fingerprint density at radius 2 is 1.23 bits per heavy atom. The van der Waals surface area contributed by atoms with Gasteiger partial charge in [-0.2, -0.15) is 0 Å². The van der Waals surface area contributed by atoms with Crippen molar-refractivity contribution in [1.29, 1.82) is 0 Å². The van der Waals surface area contributed by atoms with Gasteiger partial charge in [-0.15, -0.1) is 0 Å². The van der Waals surface area contributed by atoms with Gasteiger partial charge >= 0.3 is 0 Å². The molecule has 0 saturated heterocycles. The molecule has 0 aromatic heterocycles. The molecule has 0 heterocycles. The number of phenols is 1. The van der Waals surface area contributed by atoms with Gasteiger partial charge in [0.2, 0.25) is 0 Å². The van der Waals surface area contributed by atoms with Gasteiger partial charge in [-0.05, 0) is 18.1 Å². The van der Waals surface area contributed by atoms with Crippen LogP contribution in [0, 0.1) is 6.92 Å². The Labute approximate surface area is 155 Å². The zero-order chi connectivity index (χ0) is 18.8. The standard InChI is InChI=1S/C21H20O3.C2H6/c1-16-20(22)12-19(23-14-17-8-4-2-5-9-17)13-21(16)24-15-18-10-6-3-7-11-18;1-2/h2-13,22H,14-15H2,1H3;1-2H3. The lowest BCUT2D eigenvalue weighted by molar-refractivity contribution is 0.285. The van der Waals surface area contributed by atoms with Crippen molar-refractivity contribution in [2.75, 3.05) is 0 Å². The van der Waals surface area contributed by atoms with Crippen molar-refractivity contribution < 1.29 is 14.6 Å². The fourth-order valence-corrected chi connectivity index (χ4v) is 2.36. The van der Waals surface area contributed by atoms with Gasteiger partial charge in [-0.3, -0.25) is 0 Å². The maximum absolute atomic E-state index is 10.1. The summed E-state index contributed by atoms with van der Waals surface area (Å²) in [7, 11) is 0. The monoisotopic (exact) mass is 350 g/mol. The summed E-state index contributed by atoms with van der Waals surface area (Å²) in [6.07, 6.45) is 0. The van der Waals surface area contributed by atoms with Crippen molar-refractivity contribution in [2.45, 2.75) is 34.0 Å². The van der Waals surface area contributed by atoms with E-state index in [4.69, 9.17) is 9.47 Å². The topological polar surface area (TPSA) is 38.7 Å². The van der Waals surface area contributed by atoms with Crippen molar-refractivity contribution in [3.63, 3.8) is 0 Å². The van der Waals surface area contributed by atoms with Gasteiger partial charge in [0.1, 0.15) is 30.5 Å². The number of rotatable bonds is 6. The Kier molecular flexibility index (Phi) is 7.56. The molecule has 0 aliphatic rings. The Hall–Kier alpha value is -2.94. The molecule has 0 saturated carbocycles. The highest BCUT2D eigenvalue weighted by molar-refractivity contribution is 5.49. The van der Waals surface area contributed by atoms with E-state index in [9.17, 15) is 5.11 Å². The van der Waals surface area contributed by atoms with E-state index in [2.05, 4.69) is 0 Å². The molecule has 0 aliphatic heterocycles. The van der Waals surface area contributed by atoms with Crippen LogP contribution >= 0.6 is 0 Å². The van der Waals surface area contributed by atoms with Crippen molar-refractivity contribution in [2.24, 2.45) is 0 Å². The van der Waals surface area contributed by atoms with Gasteiger partial charge in [0.05, 0.1) is 0 Å². The van der Waals surface area contributed by atoms with E-state index in [1.54, 1.807) is 6.07 Å². The normalized spacial score (nSPS) is 9.81. The van der Waals surface area contributed by atoms with E-state index in [0.29, 0.717) is 30.3 Å². The molecule has 0 radical (unpaired) electrons. The summed E-state index contributed by atoms with van der Waals surface area (Å²) in [5, 5.41) is 10.1. The minimum atomic E-state index is 0.170. The molecule has 0 spiro atoms. The highest BCUT2D eigenvalue weighted by Gasteiger charge is 2.09. The van der Waals surface area contributed by atoms with Crippen molar-refractivity contribution in [3.8, 4) is 17.2 Å². The van der Waals surface area contributed by atoms with E-state index in [0.717, 1.165) is 11.1 Å². The molecular weight excluding hydrogens is 324 g/mol. The number of benzene rings is 3. The third-order valence-corrected chi connectivity index (χ3v) is 3.79. The first kappa shape index (κ1) is 19.4. The minimum Gasteiger partial charge on any atom is -0.507 e. The average Bonchev–Trinajstić information content (AvgIpc) is 2.71. The van der Waals surface area contributed by atoms with Gasteiger partial charge < -0.3 is 14.6 Å². The van der Waals surface area contributed by atoms with Crippen LogP contribution < -0.4 is 9.47 Å². The van der Waals surface area contributed by atoms with Crippen LogP contribution in [0.2, 0.25) is 0 Å². The summed E-state index contributed by atoms with van der Waals surface area (Å²) in [4.78, 5) is 0. The van der Waals surface area contributed by atoms with Crippen molar-refractivity contribution >= 4 is 0 Å². The zero-order valence-electron chi connectivity index (χ0n) is 15.6. The Bertz CT molecular complexity index is 783. The molecule has 3 aromatic carbocycles. The molecule has 26 heavy (non-hydrogen) atoms. The first-order chi connectivity index (χ1) is 12.7. The second-order valence-electron chi connectivity index (χ2n) is 5.61. The molecule has 0 unspecified atom stereocenters. The van der Waals surface area contributed by atoms with Crippen LogP contribution in [0.25, 0.3) is 0 Å². The second kappa shape index (κ2) is 10.1. The Balaban J connectivity index is 0.00000117. The van der Waals surface area contributed by atoms with Crippen LogP contribution in [-0.2, 0) is 13.2 Å². The van der Waals surface area contributed by atoms with Gasteiger partial charge in [0.25, 0.3) is 0 Å². The van der Waals surface area contributed by atoms with E-state index in [1.165, 1.54) is 0 Å². The summed E-state index contributed by atoms with van der Waals surface area (Å²) in [6.45, 7) is 6.72. The molecule has 0 amide bonds. The van der Waals surface area contributed by atoms with Gasteiger partial charge in [-0.1, -0.05) is 74.5 Å². The van der Waals surface area contributed by atoms with E-state index < -0.39 is 0 Å². The van der Waals surface area contributed by atoms with Gasteiger partial charge in [0, 0.05) is 17.7 Å². The van der Waals surface area contributed by atoms with E-state index in [-0.39, 0.29) is 5.75 Å². The SMILES string of the molecule is CC.Cc1c(O)cc(OCc2ccccc2)cc1OCc1ccccc1. The predicted octanol–water partition coefficient (Wildman–Crippen LogP) is 5.88. The molecule has 3 aromatic rings. The molecule has 3 rings (SSSR count). The number of ether oxygens (including phenoxy) is 2. The number of hydrogen-bond donors (Lipinski definition) is 1. The van der Waals surface area contributed by atoms with Crippen LogP contribution in [0.1, 0.15) is 30.5 Å². The first-order valence-corrected chi connectivity index (χ1v) is 8.89. The molecule has 3 heteroatoms. The van der Waals surface area contributed by atoms with Crippen LogP contribution in [-0.4, -0.2) is 5.11 Å². The lowest BCUT2D eigenvalue weighted by Gasteiger charge is -2.13. The lowest BCUT2D eigenvalue weighted by Crippen LogP contribution is -1.99. The molecule has 136 valence electrons. The van der Waals surface area contributed by atoms with Gasteiger partial charge in [-0.25, -0.2) is 0 Å². The highest BCUT2D eigenvalue weighted by Crippen LogP contribution is 2.33. The smallest absolute Gasteiger partial charge is 0.130 e. The summed E-state index contributed by atoms with van der Waals surface area (Å²) < 4.78 is 11.6. The second-order valence-corrected chi connectivity index (χ2v) is 5.61. The van der Waals surface area contributed by atoms with Crippen LogP contribution in [0.4, 0.5) is 0 Å². The lowest BCUT2D eigenvalue weighted by atomic mass is 10.2. The molecule has 0 atom stereocenters. The maximum atomic E-state index is 10.1. The fourth-order valence-electron chi connectivity index (χ4n) is 2.36. The molecule has 0 aliphatic carbocycles. The summed E-state index contributed by atoms with van der Waals surface area (Å²) in [5.74, 6) is 1.38. The van der Waals surface area contributed by atoms with Crippen LogP contribution in [0.15, 0.2) is 72.8 Å². The Morgan fingerprint density at radius 3 is 1.77 bits per heavy atom. The first-order valence-electron chi connectivity index (χ1n) is 8.89. The molecular formula is C23H26O3. The van der Waals surface area contributed by atoms with Crippen molar-refractivity contribution in [1.82, 2.24) is 0 Å².